The zero-order chi connectivity index (χ0) is 16.9. The molecule has 5 heteroatoms. The number of hydrogen-bond donors (Lipinski definition) is 2. The van der Waals surface area contributed by atoms with Crippen molar-refractivity contribution in [1.29, 1.82) is 0 Å². The molecule has 1 aromatic heterocycles. The van der Waals surface area contributed by atoms with Gasteiger partial charge in [-0.3, -0.25) is 4.99 Å². The van der Waals surface area contributed by atoms with Crippen LogP contribution in [0.2, 0.25) is 0 Å². The fraction of sp³-hybridized carbons (Fsp3) is 0.737. The third-order valence-corrected chi connectivity index (χ3v) is 6.36. The number of rotatable bonds is 5. The van der Waals surface area contributed by atoms with E-state index in [-0.39, 0.29) is 0 Å². The number of nitrogens with zero attached hydrogens (tertiary/aromatic N) is 2. The molecular formula is C19H32N4S. The Bertz CT molecular complexity index is 513. The summed E-state index contributed by atoms with van der Waals surface area (Å²) in [6.45, 7) is 6.15. The van der Waals surface area contributed by atoms with Crippen LogP contribution in [0.3, 0.4) is 0 Å². The van der Waals surface area contributed by atoms with E-state index in [4.69, 9.17) is 4.99 Å². The van der Waals surface area contributed by atoms with E-state index in [1.807, 2.05) is 0 Å². The van der Waals surface area contributed by atoms with Crippen LogP contribution < -0.4 is 10.6 Å². The topological polar surface area (TPSA) is 39.7 Å². The molecule has 4 nitrogen and oxygen atoms in total. The lowest BCUT2D eigenvalue weighted by Gasteiger charge is -2.47. The van der Waals surface area contributed by atoms with E-state index >= 15 is 0 Å². The minimum atomic E-state index is 0.476. The lowest BCUT2D eigenvalue weighted by molar-refractivity contribution is 0.0526. The van der Waals surface area contributed by atoms with E-state index in [1.165, 1.54) is 37.7 Å². The fourth-order valence-electron chi connectivity index (χ4n) is 4.14. The van der Waals surface area contributed by atoms with Gasteiger partial charge in [0.05, 0.1) is 0 Å². The first-order valence-electron chi connectivity index (χ1n) is 9.46. The maximum atomic E-state index is 4.86. The summed E-state index contributed by atoms with van der Waals surface area (Å²) in [6.07, 6.45) is 6.61. The highest BCUT2D eigenvalue weighted by Crippen LogP contribution is 2.32. The van der Waals surface area contributed by atoms with Crippen LogP contribution in [0.1, 0.15) is 57.4 Å². The van der Waals surface area contributed by atoms with Gasteiger partial charge in [0.15, 0.2) is 5.96 Å². The second kappa shape index (κ2) is 8.34. The molecule has 0 radical (unpaired) electrons. The number of aliphatic imine (C=N–C) groups is 1. The second-order valence-corrected chi connectivity index (χ2v) is 8.17. The molecule has 2 fully saturated rings. The number of piperidine rings is 2. The van der Waals surface area contributed by atoms with Crippen molar-refractivity contribution in [2.24, 2.45) is 4.99 Å². The Balaban J connectivity index is 1.58. The Hall–Kier alpha value is -1.07. The minimum absolute atomic E-state index is 0.476. The molecule has 2 bridgehead atoms. The van der Waals surface area contributed by atoms with Crippen molar-refractivity contribution in [2.75, 3.05) is 20.1 Å². The third kappa shape index (κ3) is 4.31. The summed E-state index contributed by atoms with van der Waals surface area (Å²) >= 11 is 1.77. The van der Waals surface area contributed by atoms with E-state index in [0.717, 1.165) is 31.1 Å². The molecule has 0 saturated carbocycles. The monoisotopic (exact) mass is 348 g/mol. The SMILES string of the molecule is CCNC(=NCC(C)c1ccsc1)NC1CC2CCCC(C1)N2C. The van der Waals surface area contributed by atoms with Crippen molar-refractivity contribution in [1.82, 2.24) is 15.5 Å². The van der Waals surface area contributed by atoms with Crippen molar-refractivity contribution in [3.63, 3.8) is 0 Å². The van der Waals surface area contributed by atoms with E-state index in [1.54, 1.807) is 11.3 Å². The Morgan fingerprint density at radius 3 is 2.75 bits per heavy atom. The largest absolute Gasteiger partial charge is 0.357 e. The van der Waals surface area contributed by atoms with Crippen LogP contribution in [0.4, 0.5) is 0 Å². The molecule has 3 rings (SSSR count). The second-order valence-electron chi connectivity index (χ2n) is 7.39. The van der Waals surface area contributed by atoms with Gasteiger partial charge in [-0.2, -0.15) is 11.3 Å². The predicted octanol–water partition coefficient (Wildman–Crippen LogP) is 3.42. The van der Waals surface area contributed by atoms with Gasteiger partial charge in [0.25, 0.3) is 0 Å². The zero-order valence-electron chi connectivity index (χ0n) is 15.3. The maximum Gasteiger partial charge on any atom is 0.191 e. The van der Waals surface area contributed by atoms with Crippen LogP contribution >= 0.6 is 11.3 Å². The third-order valence-electron chi connectivity index (χ3n) is 5.66. The van der Waals surface area contributed by atoms with Crippen molar-refractivity contribution in [2.45, 2.75) is 70.0 Å². The number of thiophene rings is 1. The standard InChI is InChI=1S/C19H32N4S/c1-4-20-19(21-12-14(2)15-8-9-24-13-15)22-16-10-17-6-5-7-18(11-16)23(17)3/h8-9,13-14,16-18H,4-7,10-12H2,1-3H3,(H2,20,21,22). The van der Waals surface area contributed by atoms with Crippen molar-refractivity contribution in [3.8, 4) is 0 Å². The normalized spacial score (nSPS) is 29.3. The molecular weight excluding hydrogens is 316 g/mol. The lowest BCUT2D eigenvalue weighted by atomic mass is 9.82. The van der Waals surface area contributed by atoms with Crippen LogP contribution in [0.25, 0.3) is 0 Å². The Labute approximate surface area is 150 Å². The van der Waals surface area contributed by atoms with Gasteiger partial charge in [0, 0.05) is 37.1 Å². The predicted molar refractivity (Wildman–Crippen MR) is 104 cm³/mol. The zero-order valence-corrected chi connectivity index (χ0v) is 16.1. The van der Waals surface area contributed by atoms with Crippen molar-refractivity contribution in [3.05, 3.63) is 22.4 Å². The summed E-state index contributed by atoms with van der Waals surface area (Å²) < 4.78 is 0. The van der Waals surface area contributed by atoms with Gasteiger partial charge in [-0.05, 0) is 62.0 Å². The first-order chi connectivity index (χ1) is 11.7. The molecule has 3 heterocycles. The minimum Gasteiger partial charge on any atom is -0.357 e. The summed E-state index contributed by atoms with van der Waals surface area (Å²) in [5, 5.41) is 11.5. The first-order valence-corrected chi connectivity index (χ1v) is 10.4. The highest BCUT2D eigenvalue weighted by molar-refractivity contribution is 7.07. The molecule has 3 unspecified atom stereocenters. The van der Waals surface area contributed by atoms with Crippen LogP contribution in [0.15, 0.2) is 21.8 Å². The van der Waals surface area contributed by atoms with Gasteiger partial charge < -0.3 is 15.5 Å². The fourth-order valence-corrected chi connectivity index (χ4v) is 4.92. The van der Waals surface area contributed by atoms with Gasteiger partial charge in [0.2, 0.25) is 0 Å². The number of guanidine groups is 1. The summed E-state index contributed by atoms with van der Waals surface area (Å²) in [6, 6.07) is 4.28. The summed E-state index contributed by atoms with van der Waals surface area (Å²) in [4.78, 5) is 7.48. The molecule has 2 aliphatic heterocycles. The summed E-state index contributed by atoms with van der Waals surface area (Å²) in [5.74, 6) is 1.47. The highest BCUT2D eigenvalue weighted by atomic mass is 32.1. The Morgan fingerprint density at radius 2 is 2.12 bits per heavy atom. The molecule has 24 heavy (non-hydrogen) atoms. The van der Waals surface area contributed by atoms with Gasteiger partial charge in [0.1, 0.15) is 0 Å². The highest BCUT2D eigenvalue weighted by Gasteiger charge is 2.36. The quantitative estimate of drug-likeness (QED) is 0.633. The van der Waals surface area contributed by atoms with Gasteiger partial charge in [-0.25, -0.2) is 0 Å². The van der Waals surface area contributed by atoms with E-state index < -0.39 is 0 Å². The average Bonchev–Trinajstić information content (AvgIpc) is 3.08. The smallest absolute Gasteiger partial charge is 0.191 e. The van der Waals surface area contributed by atoms with Crippen LogP contribution in [0.5, 0.6) is 0 Å². The van der Waals surface area contributed by atoms with Crippen LogP contribution in [-0.4, -0.2) is 49.1 Å². The Morgan fingerprint density at radius 1 is 1.38 bits per heavy atom. The Kier molecular flexibility index (Phi) is 6.17. The maximum absolute atomic E-state index is 4.86. The summed E-state index contributed by atoms with van der Waals surface area (Å²) in [7, 11) is 2.31. The van der Waals surface area contributed by atoms with Crippen LogP contribution in [-0.2, 0) is 0 Å². The lowest BCUT2D eigenvalue weighted by Crippen LogP contribution is -2.56. The van der Waals surface area contributed by atoms with Gasteiger partial charge in [-0.15, -0.1) is 0 Å². The number of nitrogens with one attached hydrogen (secondary N) is 2. The molecule has 0 aliphatic carbocycles. The van der Waals surface area contributed by atoms with Gasteiger partial charge >= 0.3 is 0 Å². The summed E-state index contributed by atoms with van der Waals surface area (Å²) in [5.41, 5.74) is 1.40. The molecule has 1 aromatic rings. The van der Waals surface area contributed by atoms with Gasteiger partial charge in [-0.1, -0.05) is 13.3 Å². The van der Waals surface area contributed by atoms with Crippen molar-refractivity contribution < 1.29 is 0 Å². The molecule has 0 aromatic carbocycles. The van der Waals surface area contributed by atoms with Crippen LogP contribution in [0, 0.1) is 0 Å². The number of hydrogen-bond acceptors (Lipinski definition) is 3. The van der Waals surface area contributed by atoms with E-state index in [9.17, 15) is 0 Å². The molecule has 2 aliphatic rings. The van der Waals surface area contributed by atoms with E-state index in [2.05, 4.69) is 53.3 Å². The molecule has 2 N–H and O–H groups in total. The molecule has 3 atom stereocenters. The number of fused-ring (bicyclic) bond motifs is 2. The molecule has 134 valence electrons. The molecule has 2 saturated heterocycles. The average molecular weight is 349 g/mol. The molecule has 0 spiro atoms. The van der Waals surface area contributed by atoms with E-state index in [0.29, 0.717) is 12.0 Å². The first kappa shape index (κ1) is 17.7. The van der Waals surface area contributed by atoms with Crippen molar-refractivity contribution >= 4 is 17.3 Å². The molecule has 0 amide bonds.